The number of thiazole rings is 1. The van der Waals surface area contributed by atoms with Crippen molar-refractivity contribution in [3.63, 3.8) is 0 Å². The minimum atomic E-state index is -1.41. The number of rotatable bonds is 16. The normalized spacial score (nSPS) is 22.4. The number of hydrogen-bond donors (Lipinski definition) is 4. The third kappa shape index (κ3) is 9.87. The van der Waals surface area contributed by atoms with Gasteiger partial charge in [0, 0.05) is 56.7 Å². The van der Waals surface area contributed by atoms with E-state index in [0.29, 0.717) is 22.4 Å². The number of aromatic nitrogens is 1. The molecular weight excluding hydrogens is 987 g/mol. The number of likely N-dealkylation sites (tertiary alicyclic amines) is 2. The van der Waals surface area contributed by atoms with Crippen molar-refractivity contribution in [2.45, 2.75) is 122 Å². The van der Waals surface area contributed by atoms with Crippen molar-refractivity contribution in [1.29, 1.82) is 0 Å². The lowest BCUT2D eigenvalue weighted by atomic mass is 9.91. The Morgan fingerprint density at radius 1 is 0.803 bits per heavy atom. The van der Waals surface area contributed by atoms with Gasteiger partial charge in [0.1, 0.15) is 41.1 Å². The second-order valence-corrected chi connectivity index (χ2v) is 22.7. The van der Waals surface area contributed by atoms with Gasteiger partial charge in [0.15, 0.2) is 0 Å². The van der Waals surface area contributed by atoms with E-state index in [4.69, 9.17) is 9.47 Å². The molecule has 3 saturated heterocycles. The van der Waals surface area contributed by atoms with Crippen LogP contribution in [-0.4, -0.2) is 132 Å². The second kappa shape index (κ2) is 20.9. The van der Waals surface area contributed by atoms with Gasteiger partial charge in [0.25, 0.3) is 11.8 Å². The van der Waals surface area contributed by atoms with Crippen LogP contribution in [-0.2, 0) is 55.7 Å². The van der Waals surface area contributed by atoms with E-state index in [1.807, 2.05) is 88.7 Å². The summed E-state index contributed by atoms with van der Waals surface area (Å²) in [5, 5.41) is 27.4. The zero-order chi connectivity index (χ0) is 53.8. The van der Waals surface area contributed by atoms with Gasteiger partial charge in [0.2, 0.25) is 23.6 Å². The SMILES string of the molecule is Cc1ncsc1-c1ccc(CNC(=O)C2(C)C[C@@H](Oc3ccc4c(c3)C(=O)N([C@H](C(=O)N3C[C@H](O)C[C@H]3C(=O)NCc3ccc(C5(O)COC5)cc3)C(C)C)C4)CN2C(=O)[C@H](C(C)C)N2Cc3ccccc3C2=O)cc1. The number of carbonyl (C=O) groups is 6. The molecule has 1 unspecified atom stereocenters. The van der Waals surface area contributed by atoms with E-state index in [9.17, 15) is 34.2 Å². The van der Waals surface area contributed by atoms with Gasteiger partial charge >= 0.3 is 0 Å². The van der Waals surface area contributed by atoms with Crippen molar-refractivity contribution < 1.29 is 48.5 Å². The number of aryl methyl sites for hydroxylation is 1. The van der Waals surface area contributed by atoms with E-state index < -0.39 is 59.2 Å². The van der Waals surface area contributed by atoms with Crippen LogP contribution in [0.1, 0.15) is 102 Å². The highest BCUT2D eigenvalue weighted by Crippen LogP contribution is 2.39. The standard InChI is InChI=1S/C58H65N7O10S/c1-33(2)48(54(70)62-28-42(66)21-47(62)51(67)59-24-37-13-18-41(19-14-37)58(73)30-74-31-58)63-27-40-17-20-43(22-46(40)53(63)69)75-44-23-57(6,56(72)60-25-36-11-15-38(16-12-36)50-35(5)61-32-76-50)65(29-44)55(71)49(34(3)4)64-26-39-9-7-8-10-45(39)52(64)68/h7-20,22,32-34,42,44,47-49,66,73H,21,23-31H2,1-6H3,(H,59,67)(H,60,72)/t42-,44-,47+,48+,49+,57?/m1/s1. The van der Waals surface area contributed by atoms with E-state index in [1.165, 1.54) is 9.80 Å². The highest BCUT2D eigenvalue weighted by molar-refractivity contribution is 7.13. The van der Waals surface area contributed by atoms with Crippen LogP contribution in [0, 0.1) is 18.8 Å². The van der Waals surface area contributed by atoms with Gasteiger partial charge in [-0.15, -0.1) is 11.3 Å². The maximum atomic E-state index is 15.1. The summed E-state index contributed by atoms with van der Waals surface area (Å²) in [6, 6.07) is 24.8. The van der Waals surface area contributed by atoms with Crippen LogP contribution in [0.2, 0.25) is 0 Å². The summed E-state index contributed by atoms with van der Waals surface area (Å²) in [5.41, 5.74) is 6.13. The number of β-amino-alcohol motifs (C(OH)–C–C–N with tert-alkyl or cyclic N) is 1. The van der Waals surface area contributed by atoms with Crippen LogP contribution in [0.4, 0.5) is 0 Å². The third-order valence-electron chi connectivity index (χ3n) is 15.8. The first-order chi connectivity index (χ1) is 36.3. The molecule has 4 N–H and O–H groups in total. The molecule has 18 heteroatoms. The molecule has 5 aromatic rings. The minimum Gasteiger partial charge on any atom is -0.488 e. The Labute approximate surface area is 446 Å². The van der Waals surface area contributed by atoms with Crippen LogP contribution in [0.25, 0.3) is 10.4 Å². The number of amides is 6. The Balaban J connectivity index is 0.842. The molecule has 0 aliphatic carbocycles. The van der Waals surface area contributed by atoms with Crippen LogP contribution >= 0.6 is 11.3 Å². The highest BCUT2D eigenvalue weighted by atomic mass is 32.1. The molecule has 0 saturated carbocycles. The predicted octanol–water partition coefficient (Wildman–Crippen LogP) is 5.33. The van der Waals surface area contributed by atoms with Crippen molar-refractivity contribution in [2.24, 2.45) is 11.8 Å². The molecule has 10 rings (SSSR count). The largest absolute Gasteiger partial charge is 0.488 e. The fourth-order valence-corrected chi connectivity index (χ4v) is 12.4. The smallest absolute Gasteiger partial charge is 0.255 e. The number of nitrogens with zero attached hydrogens (tertiary/aromatic N) is 5. The molecule has 17 nitrogen and oxygen atoms in total. The van der Waals surface area contributed by atoms with Crippen molar-refractivity contribution in [3.05, 3.63) is 141 Å². The van der Waals surface area contributed by atoms with Gasteiger partial charge < -0.3 is 49.9 Å². The van der Waals surface area contributed by atoms with Gasteiger partial charge in [-0.25, -0.2) is 4.98 Å². The first kappa shape index (κ1) is 52.5. The lowest BCUT2D eigenvalue weighted by Crippen LogP contribution is -2.60. The summed E-state index contributed by atoms with van der Waals surface area (Å²) >= 11 is 1.56. The Kier molecular flexibility index (Phi) is 14.4. The van der Waals surface area contributed by atoms with E-state index in [-0.39, 0.29) is 94.9 Å². The molecule has 0 radical (unpaired) electrons. The molecule has 5 aliphatic heterocycles. The van der Waals surface area contributed by atoms with Crippen LogP contribution in [0.3, 0.4) is 0 Å². The Morgan fingerprint density at radius 2 is 1.42 bits per heavy atom. The number of fused-ring (bicyclic) bond motifs is 2. The first-order valence-corrected chi connectivity index (χ1v) is 27.0. The van der Waals surface area contributed by atoms with Gasteiger partial charge in [-0.3, -0.25) is 28.8 Å². The zero-order valence-corrected chi connectivity index (χ0v) is 44.5. The zero-order valence-electron chi connectivity index (χ0n) is 43.7. The number of aliphatic hydroxyl groups is 2. The molecule has 4 aromatic carbocycles. The molecule has 6 amide bonds. The highest BCUT2D eigenvalue weighted by Gasteiger charge is 2.54. The third-order valence-corrected chi connectivity index (χ3v) is 16.8. The Morgan fingerprint density at radius 3 is 2.04 bits per heavy atom. The maximum Gasteiger partial charge on any atom is 0.255 e. The number of carbonyl (C=O) groups excluding carboxylic acids is 6. The summed E-state index contributed by atoms with van der Waals surface area (Å²) < 4.78 is 11.8. The molecule has 1 aromatic heterocycles. The monoisotopic (exact) mass is 1050 g/mol. The summed E-state index contributed by atoms with van der Waals surface area (Å²) in [4.78, 5) is 98.0. The number of ether oxygens (including phenoxy) is 2. The summed E-state index contributed by atoms with van der Waals surface area (Å²) in [6.45, 7) is 12.3. The predicted molar refractivity (Wildman–Crippen MR) is 282 cm³/mol. The average molecular weight is 1050 g/mol. The quantitative estimate of drug-likeness (QED) is 0.0993. The number of benzene rings is 4. The first-order valence-electron chi connectivity index (χ1n) is 26.1. The van der Waals surface area contributed by atoms with E-state index in [0.717, 1.165) is 38.4 Å². The minimum absolute atomic E-state index is 0.0216. The van der Waals surface area contributed by atoms with Gasteiger partial charge in [-0.05, 0) is 77.3 Å². The van der Waals surface area contributed by atoms with Crippen molar-refractivity contribution in [2.75, 3.05) is 26.3 Å². The van der Waals surface area contributed by atoms with E-state index >= 15 is 4.79 Å². The molecule has 6 heterocycles. The molecule has 0 spiro atoms. The summed E-state index contributed by atoms with van der Waals surface area (Å²) in [7, 11) is 0. The van der Waals surface area contributed by atoms with Crippen LogP contribution in [0.5, 0.6) is 5.75 Å². The fourth-order valence-electron chi connectivity index (χ4n) is 11.6. The molecular formula is C58H65N7O10S. The van der Waals surface area contributed by atoms with Crippen LogP contribution < -0.4 is 15.4 Å². The van der Waals surface area contributed by atoms with Crippen LogP contribution in [0.15, 0.2) is 96.5 Å². The average Bonchev–Trinajstić information content (AvgIpc) is 4.23. The van der Waals surface area contributed by atoms with Gasteiger partial charge in [-0.1, -0.05) is 100 Å². The maximum absolute atomic E-state index is 15.1. The molecule has 6 atom stereocenters. The topological polar surface area (TPSA) is 211 Å². The van der Waals surface area contributed by atoms with Crippen molar-refractivity contribution in [3.8, 4) is 16.2 Å². The molecule has 3 fully saturated rings. The van der Waals surface area contributed by atoms with Gasteiger partial charge in [-0.2, -0.15) is 0 Å². The molecule has 398 valence electrons. The van der Waals surface area contributed by atoms with E-state index in [2.05, 4.69) is 15.6 Å². The Hall–Kier alpha value is -6.99. The summed E-state index contributed by atoms with van der Waals surface area (Å²) in [5.74, 6) is -2.59. The van der Waals surface area contributed by atoms with E-state index in [1.54, 1.807) is 70.5 Å². The van der Waals surface area contributed by atoms with Gasteiger partial charge in [0.05, 0.1) is 41.9 Å². The lowest BCUT2D eigenvalue weighted by molar-refractivity contribution is -0.184. The number of nitrogens with one attached hydrogen (secondary N) is 2. The van der Waals surface area contributed by atoms with Crippen molar-refractivity contribution >= 4 is 46.8 Å². The summed E-state index contributed by atoms with van der Waals surface area (Å²) in [6.07, 6.45) is -1.49. The number of hydrogen-bond acceptors (Lipinski definition) is 12. The number of aliphatic hydroxyl groups excluding tert-OH is 1. The molecule has 5 aliphatic rings. The lowest BCUT2D eigenvalue weighted by Gasteiger charge is -2.39. The second-order valence-electron chi connectivity index (χ2n) is 21.9. The Bertz CT molecular complexity index is 3070. The fraction of sp³-hybridized carbons (Fsp3) is 0.431. The molecule has 0 bridgehead atoms. The molecule has 76 heavy (non-hydrogen) atoms. The van der Waals surface area contributed by atoms with Crippen molar-refractivity contribution in [1.82, 2.24) is 35.2 Å².